The summed E-state index contributed by atoms with van der Waals surface area (Å²) in [4.78, 5) is 23.8. The van der Waals surface area contributed by atoms with Gasteiger partial charge in [-0.05, 0) is 25.3 Å². The first-order chi connectivity index (χ1) is 11.7. The number of anilines is 1. The first-order valence-electron chi connectivity index (χ1n) is 8.34. The van der Waals surface area contributed by atoms with Crippen molar-refractivity contribution in [3.05, 3.63) is 24.8 Å². The Morgan fingerprint density at radius 2 is 2.33 bits per heavy atom. The molecule has 7 nitrogen and oxygen atoms in total. The number of hydrogen-bond acceptors (Lipinski definition) is 5. The van der Waals surface area contributed by atoms with E-state index in [2.05, 4.69) is 27.0 Å². The summed E-state index contributed by atoms with van der Waals surface area (Å²) in [5, 5.41) is 5.41. The molecule has 124 valence electrons. The van der Waals surface area contributed by atoms with Crippen molar-refractivity contribution in [2.45, 2.75) is 38.6 Å². The molecule has 0 spiro atoms. The third-order valence-corrected chi connectivity index (χ3v) is 4.94. The maximum atomic E-state index is 12.2. The average Bonchev–Trinajstić information content (AvgIpc) is 3.29. The van der Waals surface area contributed by atoms with Crippen LogP contribution in [0.25, 0.3) is 22.3 Å². The molecule has 3 heterocycles. The summed E-state index contributed by atoms with van der Waals surface area (Å²) in [6.07, 6.45) is 8.70. The zero-order valence-electron chi connectivity index (χ0n) is 13.6. The van der Waals surface area contributed by atoms with E-state index in [1.54, 1.807) is 0 Å². The Bertz CT molecular complexity index is 896. The number of nitrogens with one attached hydrogen (secondary N) is 1. The fourth-order valence-electron chi connectivity index (χ4n) is 3.75. The van der Waals surface area contributed by atoms with Gasteiger partial charge in [0.1, 0.15) is 17.8 Å². The van der Waals surface area contributed by atoms with E-state index >= 15 is 0 Å². The second-order valence-electron chi connectivity index (χ2n) is 6.31. The Balaban J connectivity index is 1.77. The molecule has 1 saturated carbocycles. The van der Waals surface area contributed by atoms with Crippen molar-refractivity contribution in [3.8, 4) is 11.3 Å². The van der Waals surface area contributed by atoms with Gasteiger partial charge in [0.25, 0.3) is 0 Å². The lowest BCUT2D eigenvalue weighted by molar-refractivity contribution is -0.122. The van der Waals surface area contributed by atoms with Crippen molar-refractivity contribution in [3.63, 3.8) is 0 Å². The van der Waals surface area contributed by atoms with Gasteiger partial charge in [0.2, 0.25) is 0 Å². The monoisotopic (exact) mass is 324 g/mol. The molecule has 3 aromatic rings. The lowest BCUT2D eigenvalue weighted by atomic mass is 9.95. The van der Waals surface area contributed by atoms with Crippen molar-refractivity contribution in [2.24, 2.45) is 5.92 Å². The third kappa shape index (κ3) is 2.28. The number of ketones is 1. The van der Waals surface area contributed by atoms with E-state index in [1.165, 1.54) is 6.33 Å². The topological polar surface area (TPSA) is 102 Å². The molecule has 0 saturated heterocycles. The molecule has 3 N–H and O–H groups in total. The normalized spacial score (nSPS) is 19.2. The molecule has 0 bridgehead atoms. The first-order valence-corrected chi connectivity index (χ1v) is 8.34. The number of H-pyrrole nitrogens is 1. The van der Waals surface area contributed by atoms with E-state index in [0.717, 1.165) is 41.6 Å². The number of carbonyl (C=O) groups excluding carboxylic acids is 1. The number of nitrogens with two attached hydrogens (primary N) is 1. The smallest absolute Gasteiger partial charge is 0.154 e. The van der Waals surface area contributed by atoms with Crippen LogP contribution >= 0.6 is 0 Å². The molecule has 1 fully saturated rings. The molecule has 0 radical (unpaired) electrons. The highest BCUT2D eigenvalue weighted by Crippen LogP contribution is 2.36. The molecular weight excluding hydrogens is 304 g/mol. The van der Waals surface area contributed by atoms with Crippen LogP contribution in [0.4, 0.5) is 5.82 Å². The summed E-state index contributed by atoms with van der Waals surface area (Å²) >= 11 is 0. The molecular formula is C17H20N6O. The number of Topliss-reactive ketones (excluding diaryl/α,β-unsaturated/α-hetero) is 1. The average molecular weight is 324 g/mol. The highest BCUT2D eigenvalue weighted by Gasteiger charge is 2.33. The minimum Gasteiger partial charge on any atom is -0.382 e. The molecule has 7 heteroatoms. The maximum Gasteiger partial charge on any atom is 0.154 e. The number of aromatic amines is 1. The number of nitrogens with zero attached hydrogens (tertiary/aromatic N) is 4. The lowest BCUT2D eigenvalue weighted by Crippen LogP contribution is -2.22. The Labute approximate surface area is 139 Å². The summed E-state index contributed by atoms with van der Waals surface area (Å²) in [6, 6.07) is 1.98. The van der Waals surface area contributed by atoms with E-state index in [0.29, 0.717) is 18.0 Å². The molecule has 1 aliphatic carbocycles. The standard InChI is InChI=1S/C17H20N6O/c1-2-13(10-4-3-5-14(10)24)23-8-12(16(18)22-23)15-11-6-7-19-17(11)21-9-20-15/h6-10,13H,2-5H2,1H3,(H2,18,22)(H,19,20,21)/t10?,13-/m1/s1. The summed E-state index contributed by atoms with van der Waals surface area (Å²) < 4.78 is 1.86. The number of nitrogen functional groups attached to an aromatic ring is 1. The molecule has 0 aromatic carbocycles. The molecule has 1 aliphatic rings. The molecule has 2 atom stereocenters. The van der Waals surface area contributed by atoms with Crippen molar-refractivity contribution in [1.29, 1.82) is 0 Å². The van der Waals surface area contributed by atoms with Gasteiger partial charge in [-0.2, -0.15) is 5.10 Å². The first kappa shape index (κ1) is 14.9. The van der Waals surface area contributed by atoms with Gasteiger partial charge in [0, 0.05) is 30.1 Å². The second-order valence-corrected chi connectivity index (χ2v) is 6.31. The second kappa shape index (κ2) is 5.74. The molecule has 4 rings (SSSR count). The number of hydrogen-bond donors (Lipinski definition) is 2. The number of rotatable bonds is 4. The van der Waals surface area contributed by atoms with Gasteiger partial charge in [-0.3, -0.25) is 9.48 Å². The van der Waals surface area contributed by atoms with Crippen LogP contribution in [0.3, 0.4) is 0 Å². The van der Waals surface area contributed by atoms with Gasteiger partial charge in [0.15, 0.2) is 5.82 Å². The fraction of sp³-hybridized carbons (Fsp3) is 0.412. The Hall–Kier alpha value is -2.70. The van der Waals surface area contributed by atoms with Crippen molar-refractivity contribution < 1.29 is 4.79 Å². The predicted molar refractivity (Wildman–Crippen MR) is 91.2 cm³/mol. The SMILES string of the molecule is CC[C@H](C1CCCC1=O)n1cc(-c2ncnc3[nH]ccc23)c(N)n1. The maximum absolute atomic E-state index is 12.2. The minimum atomic E-state index is 0.0415. The summed E-state index contributed by atoms with van der Waals surface area (Å²) in [7, 11) is 0. The quantitative estimate of drug-likeness (QED) is 0.768. The third-order valence-electron chi connectivity index (χ3n) is 4.94. The van der Waals surface area contributed by atoms with Crippen LogP contribution in [0.15, 0.2) is 24.8 Å². The number of carbonyl (C=O) groups is 1. The van der Waals surface area contributed by atoms with Gasteiger partial charge >= 0.3 is 0 Å². The van der Waals surface area contributed by atoms with Crippen LogP contribution in [0.5, 0.6) is 0 Å². The van der Waals surface area contributed by atoms with Crippen LogP contribution in [-0.2, 0) is 4.79 Å². The molecule has 0 aliphatic heterocycles. The Morgan fingerprint density at radius 1 is 1.46 bits per heavy atom. The van der Waals surface area contributed by atoms with Crippen molar-refractivity contribution >= 4 is 22.6 Å². The zero-order chi connectivity index (χ0) is 16.7. The lowest BCUT2D eigenvalue weighted by Gasteiger charge is -2.21. The van der Waals surface area contributed by atoms with Gasteiger partial charge in [-0.15, -0.1) is 0 Å². The molecule has 3 aromatic heterocycles. The van der Waals surface area contributed by atoms with Crippen LogP contribution < -0.4 is 5.73 Å². The van der Waals surface area contributed by atoms with Crippen molar-refractivity contribution in [2.75, 3.05) is 5.73 Å². The van der Waals surface area contributed by atoms with Gasteiger partial charge in [-0.1, -0.05) is 6.92 Å². The molecule has 1 unspecified atom stereocenters. The summed E-state index contributed by atoms with van der Waals surface area (Å²) in [6.45, 7) is 2.09. The van der Waals surface area contributed by atoms with E-state index in [-0.39, 0.29) is 12.0 Å². The van der Waals surface area contributed by atoms with Gasteiger partial charge in [-0.25, -0.2) is 9.97 Å². The van der Waals surface area contributed by atoms with Crippen LogP contribution in [0.2, 0.25) is 0 Å². The molecule has 0 amide bonds. The fourth-order valence-corrected chi connectivity index (χ4v) is 3.75. The minimum absolute atomic E-state index is 0.0415. The van der Waals surface area contributed by atoms with E-state index in [9.17, 15) is 4.79 Å². The summed E-state index contributed by atoms with van der Waals surface area (Å²) in [5.41, 5.74) is 8.49. The van der Waals surface area contributed by atoms with Crippen LogP contribution in [-0.4, -0.2) is 30.5 Å². The molecule has 24 heavy (non-hydrogen) atoms. The van der Waals surface area contributed by atoms with Crippen molar-refractivity contribution in [1.82, 2.24) is 24.7 Å². The highest BCUT2D eigenvalue weighted by molar-refractivity contribution is 5.93. The Morgan fingerprint density at radius 3 is 3.08 bits per heavy atom. The van der Waals surface area contributed by atoms with Crippen LogP contribution in [0, 0.1) is 5.92 Å². The summed E-state index contributed by atoms with van der Waals surface area (Å²) in [5.74, 6) is 0.812. The zero-order valence-corrected chi connectivity index (χ0v) is 13.6. The van der Waals surface area contributed by atoms with Gasteiger partial charge < -0.3 is 10.7 Å². The number of fused-ring (bicyclic) bond motifs is 1. The van der Waals surface area contributed by atoms with E-state index in [4.69, 9.17) is 5.73 Å². The largest absolute Gasteiger partial charge is 0.382 e. The van der Waals surface area contributed by atoms with E-state index < -0.39 is 0 Å². The van der Waals surface area contributed by atoms with Crippen LogP contribution in [0.1, 0.15) is 38.6 Å². The Kier molecular flexibility index (Phi) is 3.55. The highest BCUT2D eigenvalue weighted by atomic mass is 16.1. The predicted octanol–water partition coefficient (Wildman–Crippen LogP) is 2.72. The number of aromatic nitrogens is 5. The van der Waals surface area contributed by atoms with Gasteiger partial charge in [0.05, 0.1) is 17.3 Å². The van der Waals surface area contributed by atoms with E-state index in [1.807, 2.05) is 23.1 Å².